The molecule has 0 spiro atoms. The Kier molecular flexibility index (Phi) is 5.81. The number of morpholine rings is 1. The maximum Gasteiger partial charge on any atom is 0.229 e. The van der Waals surface area contributed by atoms with Gasteiger partial charge in [-0.05, 0) is 17.7 Å². The third kappa shape index (κ3) is 4.72. The number of ether oxygens (including phenoxy) is 1. The van der Waals surface area contributed by atoms with Crippen molar-refractivity contribution in [2.75, 3.05) is 53.7 Å². The molecule has 3 aromatic rings. The highest BCUT2D eigenvalue weighted by Gasteiger charge is 2.33. The first-order valence-corrected chi connectivity index (χ1v) is 13.3. The molecule has 0 aliphatic carbocycles. The van der Waals surface area contributed by atoms with Crippen molar-refractivity contribution in [1.29, 1.82) is 0 Å². The van der Waals surface area contributed by atoms with E-state index >= 15 is 0 Å². The third-order valence-corrected chi connectivity index (χ3v) is 7.22. The molecule has 0 amide bonds. The Bertz CT molecular complexity index is 1280. The Hall–Kier alpha value is -2.96. The number of anilines is 3. The lowest BCUT2D eigenvalue weighted by atomic mass is 9.96. The zero-order valence-electron chi connectivity index (χ0n) is 17.9. The summed E-state index contributed by atoms with van der Waals surface area (Å²) in [7, 11) is -3.37. The van der Waals surface area contributed by atoms with Gasteiger partial charge in [0.2, 0.25) is 16.0 Å². The second kappa shape index (κ2) is 8.76. The minimum Gasteiger partial charge on any atom is -0.378 e. The van der Waals surface area contributed by atoms with Gasteiger partial charge in [0.15, 0.2) is 5.82 Å². The number of nitrogens with one attached hydrogen (secondary N) is 1. The molecule has 1 unspecified atom stereocenters. The lowest BCUT2D eigenvalue weighted by Crippen LogP contribution is -2.37. The standard InChI is InChI=1S/C21H23N7O3S2/c1-33(29,30)27-15-4-2-3-13(9-15)16-12-32-18-17(16)25-19(14-10-23-21(22)24-11-14)26-20(18)28-5-7-31-8-6-28/h2-4,9-11,16,27H,5-8,12H2,1H3,(H2,22,23,24). The van der Waals surface area contributed by atoms with Crippen LogP contribution in [0.1, 0.15) is 17.2 Å². The highest BCUT2D eigenvalue weighted by atomic mass is 32.2. The van der Waals surface area contributed by atoms with Gasteiger partial charge in [-0.1, -0.05) is 12.1 Å². The second-order valence-corrected chi connectivity index (χ2v) is 10.7. The largest absolute Gasteiger partial charge is 0.378 e. The molecule has 4 heterocycles. The zero-order valence-corrected chi connectivity index (χ0v) is 19.6. The molecule has 172 valence electrons. The van der Waals surface area contributed by atoms with Gasteiger partial charge in [-0.3, -0.25) is 4.72 Å². The number of hydrogen-bond acceptors (Lipinski definition) is 10. The average molecular weight is 486 g/mol. The summed E-state index contributed by atoms with van der Waals surface area (Å²) in [6.07, 6.45) is 4.39. The molecule has 1 aromatic carbocycles. The topological polar surface area (TPSA) is 136 Å². The Labute approximate surface area is 196 Å². The summed E-state index contributed by atoms with van der Waals surface area (Å²) >= 11 is 1.72. The van der Waals surface area contributed by atoms with Gasteiger partial charge < -0.3 is 15.4 Å². The van der Waals surface area contributed by atoms with Gasteiger partial charge >= 0.3 is 0 Å². The normalized spacial score (nSPS) is 18.2. The van der Waals surface area contributed by atoms with E-state index in [0.717, 1.165) is 47.1 Å². The number of aromatic nitrogens is 4. The van der Waals surface area contributed by atoms with Crippen LogP contribution in [0.15, 0.2) is 41.6 Å². The van der Waals surface area contributed by atoms with Gasteiger partial charge in [-0.2, -0.15) is 0 Å². The molecule has 2 aliphatic rings. The molecule has 0 radical (unpaired) electrons. The van der Waals surface area contributed by atoms with Crippen molar-refractivity contribution in [3.8, 4) is 11.4 Å². The van der Waals surface area contributed by atoms with E-state index in [4.69, 9.17) is 20.4 Å². The van der Waals surface area contributed by atoms with Gasteiger partial charge in [0.05, 0.1) is 35.6 Å². The fourth-order valence-electron chi connectivity index (χ4n) is 3.93. The van der Waals surface area contributed by atoms with Crippen LogP contribution in [0.3, 0.4) is 0 Å². The number of rotatable bonds is 5. The van der Waals surface area contributed by atoms with Gasteiger partial charge in [0.1, 0.15) is 5.82 Å². The molecule has 0 saturated carbocycles. The van der Waals surface area contributed by atoms with Crippen molar-refractivity contribution >= 4 is 39.2 Å². The van der Waals surface area contributed by atoms with E-state index in [-0.39, 0.29) is 11.9 Å². The van der Waals surface area contributed by atoms with Gasteiger partial charge in [-0.15, -0.1) is 11.8 Å². The number of benzene rings is 1. The molecule has 3 N–H and O–H groups in total. The number of nitrogens with two attached hydrogens (primary N) is 1. The fraction of sp³-hybridized carbons (Fsp3) is 0.333. The quantitative estimate of drug-likeness (QED) is 0.552. The first kappa shape index (κ1) is 21.9. The number of hydrogen-bond donors (Lipinski definition) is 2. The minimum atomic E-state index is -3.37. The fourth-order valence-corrected chi connectivity index (χ4v) is 5.81. The van der Waals surface area contributed by atoms with E-state index in [2.05, 4.69) is 19.6 Å². The predicted octanol–water partition coefficient (Wildman–Crippen LogP) is 1.96. The first-order valence-electron chi connectivity index (χ1n) is 10.4. The first-order chi connectivity index (χ1) is 15.9. The summed E-state index contributed by atoms with van der Waals surface area (Å²) < 4.78 is 31.5. The molecule has 1 saturated heterocycles. The molecule has 1 atom stereocenters. The molecule has 2 aliphatic heterocycles. The summed E-state index contributed by atoms with van der Waals surface area (Å²) in [5.74, 6) is 2.38. The van der Waals surface area contributed by atoms with Crippen LogP contribution >= 0.6 is 11.8 Å². The molecule has 10 nitrogen and oxygen atoms in total. The second-order valence-electron chi connectivity index (χ2n) is 7.88. The Morgan fingerprint density at radius 2 is 1.94 bits per heavy atom. The van der Waals surface area contributed by atoms with E-state index in [1.807, 2.05) is 18.2 Å². The van der Waals surface area contributed by atoms with Crippen molar-refractivity contribution in [2.45, 2.75) is 10.8 Å². The van der Waals surface area contributed by atoms with Crippen molar-refractivity contribution in [3.05, 3.63) is 47.9 Å². The van der Waals surface area contributed by atoms with Crippen LogP contribution in [-0.2, 0) is 14.8 Å². The predicted molar refractivity (Wildman–Crippen MR) is 128 cm³/mol. The van der Waals surface area contributed by atoms with Crippen LogP contribution in [0.25, 0.3) is 11.4 Å². The lowest BCUT2D eigenvalue weighted by Gasteiger charge is -2.29. The number of sulfonamides is 1. The van der Waals surface area contributed by atoms with Crippen molar-refractivity contribution in [1.82, 2.24) is 19.9 Å². The van der Waals surface area contributed by atoms with Crippen LogP contribution in [0, 0.1) is 0 Å². The highest BCUT2D eigenvalue weighted by Crippen LogP contribution is 2.47. The maximum absolute atomic E-state index is 11.7. The SMILES string of the molecule is CS(=O)(=O)Nc1cccc(C2CSc3c2nc(-c2cnc(N)nc2)nc3N2CCOCC2)c1. The number of nitrogen functional groups attached to an aromatic ring is 1. The van der Waals surface area contributed by atoms with Crippen molar-refractivity contribution in [2.24, 2.45) is 0 Å². The van der Waals surface area contributed by atoms with E-state index in [1.165, 1.54) is 0 Å². The van der Waals surface area contributed by atoms with E-state index in [0.29, 0.717) is 30.3 Å². The Balaban J connectivity index is 1.59. The maximum atomic E-state index is 11.7. The summed E-state index contributed by atoms with van der Waals surface area (Å²) in [5.41, 5.74) is 8.78. The number of nitrogens with zero attached hydrogens (tertiary/aromatic N) is 5. The zero-order chi connectivity index (χ0) is 23.0. The molecule has 12 heteroatoms. The molecule has 5 rings (SSSR count). The Morgan fingerprint density at radius 3 is 2.67 bits per heavy atom. The number of thioether (sulfide) groups is 1. The van der Waals surface area contributed by atoms with E-state index < -0.39 is 10.0 Å². The molecular weight excluding hydrogens is 462 g/mol. The van der Waals surface area contributed by atoms with Crippen LogP contribution in [0.2, 0.25) is 0 Å². The molecular formula is C21H23N7O3S2. The monoisotopic (exact) mass is 485 g/mol. The van der Waals surface area contributed by atoms with Crippen LogP contribution in [-0.4, -0.2) is 66.7 Å². The summed E-state index contributed by atoms with van der Waals surface area (Å²) in [6.45, 7) is 2.79. The summed E-state index contributed by atoms with van der Waals surface area (Å²) in [5, 5.41) is 0. The number of fused-ring (bicyclic) bond motifs is 1. The lowest BCUT2D eigenvalue weighted by molar-refractivity contribution is 0.122. The van der Waals surface area contributed by atoms with Crippen LogP contribution in [0.4, 0.5) is 17.5 Å². The molecule has 33 heavy (non-hydrogen) atoms. The summed E-state index contributed by atoms with van der Waals surface area (Å²) in [4.78, 5) is 21.3. The van der Waals surface area contributed by atoms with Crippen LogP contribution in [0.5, 0.6) is 0 Å². The molecule has 2 aromatic heterocycles. The minimum absolute atomic E-state index is 0.0115. The third-order valence-electron chi connectivity index (χ3n) is 5.43. The summed E-state index contributed by atoms with van der Waals surface area (Å²) in [6, 6.07) is 7.45. The van der Waals surface area contributed by atoms with Crippen molar-refractivity contribution in [3.63, 3.8) is 0 Å². The average Bonchev–Trinajstić information content (AvgIpc) is 3.23. The van der Waals surface area contributed by atoms with E-state index in [9.17, 15) is 8.42 Å². The van der Waals surface area contributed by atoms with Gasteiger partial charge in [0, 0.05) is 42.8 Å². The van der Waals surface area contributed by atoms with Crippen molar-refractivity contribution < 1.29 is 13.2 Å². The van der Waals surface area contributed by atoms with Gasteiger partial charge in [-0.25, -0.2) is 28.4 Å². The van der Waals surface area contributed by atoms with E-state index in [1.54, 1.807) is 30.2 Å². The Morgan fingerprint density at radius 1 is 1.18 bits per heavy atom. The van der Waals surface area contributed by atoms with Crippen LogP contribution < -0.4 is 15.4 Å². The highest BCUT2D eigenvalue weighted by molar-refractivity contribution is 7.99. The molecule has 1 fully saturated rings. The smallest absolute Gasteiger partial charge is 0.229 e. The van der Waals surface area contributed by atoms with Gasteiger partial charge in [0.25, 0.3) is 0 Å². The molecule has 0 bridgehead atoms.